The van der Waals surface area contributed by atoms with Crippen molar-refractivity contribution in [3.05, 3.63) is 35.1 Å². The zero-order chi connectivity index (χ0) is 11.6. The van der Waals surface area contributed by atoms with Crippen LogP contribution in [-0.2, 0) is 11.2 Å². The van der Waals surface area contributed by atoms with Crippen molar-refractivity contribution in [3.63, 3.8) is 0 Å². The molecule has 0 saturated carbocycles. The molecule has 2 nitrogen and oxygen atoms in total. The van der Waals surface area contributed by atoms with Gasteiger partial charge in [-0.1, -0.05) is 6.07 Å². The van der Waals surface area contributed by atoms with Crippen molar-refractivity contribution >= 4 is 0 Å². The third-order valence-electron chi connectivity index (χ3n) is 3.17. The molecule has 1 aromatic carbocycles. The van der Waals surface area contributed by atoms with Gasteiger partial charge in [0.2, 0.25) is 0 Å². The number of halogens is 1. The highest BCUT2D eigenvalue weighted by molar-refractivity contribution is 5.29. The van der Waals surface area contributed by atoms with Gasteiger partial charge in [-0.3, -0.25) is 0 Å². The Bertz CT molecular complexity index is 430. The molecule has 1 atom stereocenters. The monoisotopic (exact) mass is 219 g/mol. The molecule has 1 saturated heterocycles. The molecule has 0 aromatic heterocycles. The van der Waals surface area contributed by atoms with Crippen LogP contribution in [0.2, 0.25) is 0 Å². The highest BCUT2D eigenvalue weighted by Crippen LogP contribution is 2.32. The van der Waals surface area contributed by atoms with Gasteiger partial charge >= 0.3 is 0 Å². The first-order valence-electron chi connectivity index (χ1n) is 5.39. The highest BCUT2D eigenvalue weighted by Gasteiger charge is 2.35. The first-order valence-corrected chi connectivity index (χ1v) is 5.39. The average Bonchev–Trinajstić information content (AvgIpc) is 2.72. The largest absolute Gasteiger partial charge is 0.380 e. The van der Waals surface area contributed by atoms with Gasteiger partial charge in [-0.2, -0.15) is 5.26 Å². The van der Waals surface area contributed by atoms with Crippen LogP contribution in [0.25, 0.3) is 0 Å². The smallest absolute Gasteiger partial charge is 0.123 e. The molecular weight excluding hydrogens is 205 g/mol. The predicted octanol–water partition coefficient (Wildman–Crippen LogP) is 2.61. The SMILES string of the molecule is Cc1cc(F)ccc1CC1(C#N)CCOC1. The second-order valence-corrected chi connectivity index (χ2v) is 4.44. The Morgan fingerprint density at radius 2 is 2.38 bits per heavy atom. The molecule has 1 aromatic rings. The van der Waals surface area contributed by atoms with Crippen LogP contribution in [0.5, 0.6) is 0 Å². The van der Waals surface area contributed by atoms with Crippen LogP contribution in [0.4, 0.5) is 4.39 Å². The molecule has 0 aliphatic carbocycles. The predicted molar refractivity (Wildman–Crippen MR) is 58.3 cm³/mol. The van der Waals surface area contributed by atoms with Crippen molar-refractivity contribution in [1.29, 1.82) is 5.26 Å². The number of nitrogens with zero attached hydrogens (tertiary/aromatic N) is 1. The van der Waals surface area contributed by atoms with Crippen molar-refractivity contribution < 1.29 is 9.13 Å². The van der Waals surface area contributed by atoms with Crippen LogP contribution in [0, 0.1) is 29.5 Å². The van der Waals surface area contributed by atoms with Gasteiger partial charge in [-0.15, -0.1) is 0 Å². The summed E-state index contributed by atoms with van der Waals surface area (Å²) in [5.41, 5.74) is 1.53. The topological polar surface area (TPSA) is 33.0 Å². The summed E-state index contributed by atoms with van der Waals surface area (Å²) >= 11 is 0. The zero-order valence-corrected chi connectivity index (χ0v) is 9.29. The maximum Gasteiger partial charge on any atom is 0.123 e. The Kier molecular flexibility index (Phi) is 2.93. The summed E-state index contributed by atoms with van der Waals surface area (Å²) in [5.74, 6) is -0.227. The number of benzene rings is 1. The molecule has 1 unspecified atom stereocenters. The number of hydrogen-bond donors (Lipinski definition) is 0. The second kappa shape index (κ2) is 4.23. The van der Waals surface area contributed by atoms with E-state index in [1.54, 1.807) is 6.07 Å². The van der Waals surface area contributed by atoms with Gasteiger partial charge in [-0.25, -0.2) is 4.39 Å². The first kappa shape index (κ1) is 11.1. The minimum Gasteiger partial charge on any atom is -0.380 e. The normalized spacial score (nSPS) is 24.3. The van der Waals surface area contributed by atoms with Crippen LogP contribution in [0.15, 0.2) is 18.2 Å². The molecule has 84 valence electrons. The van der Waals surface area contributed by atoms with Gasteiger partial charge in [0.05, 0.1) is 18.1 Å². The number of nitriles is 1. The van der Waals surface area contributed by atoms with Crippen LogP contribution < -0.4 is 0 Å². The van der Waals surface area contributed by atoms with E-state index in [4.69, 9.17) is 4.74 Å². The summed E-state index contributed by atoms with van der Waals surface area (Å²) < 4.78 is 18.2. The molecule has 0 radical (unpaired) electrons. The fourth-order valence-corrected chi connectivity index (χ4v) is 2.10. The quantitative estimate of drug-likeness (QED) is 0.766. The highest BCUT2D eigenvalue weighted by atomic mass is 19.1. The summed E-state index contributed by atoms with van der Waals surface area (Å²) in [6.45, 7) is 3.01. The fourth-order valence-electron chi connectivity index (χ4n) is 2.10. The zero-order valence-electron chi connectivity index (χ0n) is 9.29. The number of aryl methyl sites for hydroxylation is 1. The van der Waals surface area contributed by atoms with E-state index in [1.807, 2.05) is 6.92 Å². The van der Waals surface area contributed by atoms with E-state index < -0.39 is 5.41 Å². The van der Waals surface area contributed by atoms with E-state index in [-0.39, 0.29) is 5.82 Å². The molecule has 0 N–H and O–H groups in total. The third-order valence-corrected chi connectivity index (χ3v) is 3.17. The van der Waals surface area contributed by atoms with E-state index in [2.05, 4.69) is 6.07 Å². The minimum absolute atomic E-state index is 0.227. The minimum atomic E-state index is -0.414. The standard InChI is InChI=1S/C13H14FNO/c1-10-6-12(14)3-2-11(10)7-13(8-15)4-5-16-9-13/h2-3,6H,4-5,7,9H2,1H3. The van der Waals surface area contributed by atoms with Crippen molar-refractivity contribution in [3.8, 4) is 6.07 Å². The van der Waals surface area contributed by atoms with Crippen molar-refractivity contribution in [2.75, 3.05) is 13.2 Å². The Morgan fingerprint density at radius 1 is 1.56 bits per heavy atom. The Balaban J connectivity index is 2.23. The maximum absolute atomic E-state index is 12.9. The lowest BCUT2D eigenvalue weighted by molar-refractivity contribution is 0.171. The molecule has 0 spiro atoms. The van der Waals surface area contributed by atoms with Gasteiger partial charge in [0.15, 0.2) is 0 Å². The Hall–Kier alpha value is -1.40. The van der Waals surface area contributed by atoms with Crippen LogP contribution in [-0.4, -0.2) is 13.2 Å². The lowest BCUT2D eigenvalue weighted by Gasteiger charge is -2.19. The van der Waals surface area contributed by atoms with Crippen molar-refractivity contribution in [2.24, 2.45) is 5.41 Å². The summed E-state index contributed by atoms with van der Waals surface area (Å²) in [6.07, 6.45) is 1.41. The molecule has 1 heterocycles. The van der Waals surface area contributed by atoms with Crippen molar-refractivity contribution in [1.82, 2.24) is 0 Å². The molecule has 3 heteroatoms. The number of ether oxygens (including phenoxy) is 1. The van der Waals surface area contributed by atoms with E-state index in [0.29, 0.717) is 19.6 Å². The number of rotatable bonds is 2. The molecule has 1 aliphatic rings. The molecule has 16 heavy (non-hydrogen) atoms. The van der Waals surface area contributed by atoms with Crippen LogP contribution in [0.1, 0.15) is 17.5 Å². The Labute approximate surface area is 94.7 Å². The lowest BCUT2D eigenvalue weighted by atomic mass is 9.81. The van der Waals surface area contributed by atoms with Gasteiger partial charge in [0, 0.05) is 6.61 Å². The fraction of sp³-hybridized carbons (Fsp3) is 0.462. The molecule has 0 amide bonds. The van der Waals surface area contributed by atoms with Crippen LogP contribution in [0.3, 0.4) is 0 Å². The summed E-state index contributed by atoms with van der Waals surface area (Å²) in [5, 5.41) is 9.22. The average molecular weight is 219 g/mol. The van der Waals surface area contributed by atoms with Crippen LogP contribution >= 0.6 is 0 Å². The third kappa shape index (κ3) is 2.07. The summed E-state index contributed by atoms with van der Waals surface area (Å²) in [6, 6.07) is 7.07. The second-order valence-electron chi connectivity index (χ2n) is 4.44. The maximum atomic E-state index is 12.9. The molecule has 1 aliphatic heterocycles. The van der Waals surface area contributed by atoms with E-state index in [0.717, 1.165) is 17.5 Å². The number of hydrogen-bond acceptors (Lipinski definition) is 2. The van der Waals surface area contributed by atoms with Gasteiger partial charge in [-0.05, 0) is 43.0 Å². The van der Waals surface area contributed by atoms with Crippen molar-refractivity contribution in [2.45, 2.75) is 19.8 Å². The Morgan fingerprint density at radius 3 is 2.94 bits per heavy atom. The van der Waals surface area contributed by atoms with Gasteiger partial charge in [0.1, 0.15) is 5.82 Å². The first-order chi connectivity index (χ1) is 7.65. The molecule has 2 rings (SSSR count). The van der Waals surface area contributed by atoms with Gasteiger partial charge in [0.25, 0.3) is 0 Å². The molecular formula is C13H14FNO. The van der Waals surface area contributed by atoms with E-state index in [9.17, 15) is 9.65 Å². The summed E-state index contributed by atoms with van der Waals surface area (Å²) in [4.78, 5) is 0. The molecule has 1 fully saturated rings. The summed E-state index contributed by atoms with van der Waals surface area (Å²) in [7, 11) is 0. The van der Waals surface area contributed by atoms with Gasteiger partial charge < -0.3 is 4.74 Å². The van der Waals surface area contributed by atoms with E-state index in [1.165, 1.54) is 12.1 Å². The lowest BCUT2D eigenvalue weighted by Crippen LogP contribution is -2.22. The molecule has 0 bridgehead atoms. The van der Waals surface area contributed by atoms with E-state index >= 15 is 0 Å².